The Balaban J connectivity index is 1.63. The predicted molar refractivity (Wildman–Crippen MR) is 106 cm³/mol. The minimum atomic E-state index is -4.38. The van der Waals surface area contributed by atoms with Gasteiger partial charge < -0.3 is 14.4 Å². The van der Waals surface area contributed by atoms with Crippen LogP contribution in [0.3, 0.4) is 0 Å². The number of hydrogen-bond donors (Lipinski definition) is 0. The highest BCUT2D eigenvalue weighted by atomic mass is 19.4. The van der Waals surface area contributed by atoms with Gasteiger partial charge in [-0.3, -0.25) is 9.69 Å². The highest BCUT2D eigenvalue weighted by Crippen LogP contribution is 2.33. The standard InChI is InChI=1S/C22H25F3N2O3/c1-26(12-15-5-4-6-18(9-15)22(23,24)25)14-21(28)27-8-7-16-10-19(29-2)20(30-3)11-17(16)13-27/h4-6,9-11H,7-8,12-14H2,1-3H3. The van der Waals surface area contributed by atoms with Crippen molar-refractivity contribution in [3.8, 4) is 11.5 Å². The van der Waals surface area contributed by atoms with Crippen molar-refractivity contribution < 1.29 is 27.4 Å². The number of carbonyl (C=O) groups excluding carboxylic acids is 1. The van der Waals surface area contributed by atoms with Crippen LogP contribution in [0.1, 0.15) is 22.3 Å². The lowest BCUT2D eigenvalue weighted by Crippen LogP contribution is -2.41. The van der Waals surface area contributed by atoms with Gasteiger partial charge in [-0.25, -0.2) is 0 Å². The van der Waals surface area contributed by atoms with E-state index < -0.39 is 11.7 Å². The zero-order chi connectivity index (χ0) is 21.9. The Kier molecular flexibility index (Phi) is 6.55. The quantitative estimate of drug-likeness (QED) is 0.711. The van der Waals surface area contributed by atoms with Crippen LogP contribution in [0.25, 0.3) is 0 Å². The van der Waals surface area contributed by atoms with Crippen molar-refractivity contribution in [2.24, 2.45) is 0 Å². The zero-order valence-corrected chi connectivity index (χ0v) is 17.3. The lowest BCUT2D eigenvalue weighted by Gasteiger charge is -2.31. The van der Waals surface area contributed by atoms with Crippen molar-refractivity contribution in [1.29, 1.82) is 0 Å². The molecule has 1 aliphatic heterocycles. The summed E-state index contributed by atoms with van der Waals surface area (Å²) in [6, 6.07) is 9.01. The first-order chi connectivity index (χ1) is 14.2. The van der Waals surface area contributed by atoms with Crippen LogP contribution >= 0.6 is 0 Å². The molecule has 0 saturated heterocycles. The van der Waals surface area contributed by atoms with E-state index >= 15 is 0 Å². The summed E-state index contributed by atoms with van der Waals surface area (Å²) in [4.78, 5) is 16.2. The third-order valence-electron chi connectivity index (χ3n) is 5.18. The lowest BCUT2D eigenvalue weighted by molar-refractivity contribution is -0.137. The van der Waals surface area contributed by atoms with E-state index in [0.29, 0.717) is 36.6 Å². The van der Waals surface area contributed by atoms with E-state index in [2.05, 4.69) is 0 Å². The number of fused-ring (bicyclic) bond motifs is 1. The van der Waals surface area contributed by atoms with Gasteiger partial charge in [0.15, 0.2) is 11.5 Å². The summed E-state index contributed by atoms with van der Waals surface area (Å²) in [6.07, 6.45) is -3.67. The second-order valence-corrected chi connectivity index (χ2v) is 7.41. The van der Waals surface area contributed by atoms with Crippen molar-refractivity contribution in [1.82, 2.24) is 9.80 Å². The fourth-order valence-electron chi connectivity index (χ4n) is 3.64. The predicted octanol–water partition coefficient (Wildman–Crippen LogP) is 3.74. The maximum atomic E-state index is 12.9. The highest BCUT2D eigenvalue weighted by Gasteiger charge is 2.30. The highest BCUT2D eigenvalue weighted by molar-refractivity contribution is 5.78. The molecule has 162 valence electrons. The van der Waals surface area contributed by atoms with E-state index in [0.717, 1.165) is 23.3 Å². The van der Waals surface area contributed by atoms with E-state index in [4.69, 9.17) is 9.47 Å². The fourth-order valence-corrected chi connectivity index (χ4v) is 3.64. The van der Waals surface area contributed by atoms with Crippen LogP contribution in [0.4, 0.5) is 13.2 Å². The Hall–Kier alpha value is -2.74. The van der Waals surface area contributed by atoms with Gasteiger partial charge in [0.25, 0.3) is 0 Å². The van der Waals surface area contributed by atoms with Gasteiger partial charge in [0, 0.05) is 19.6 Å². The molecular weight excluding hydrogens is 397 g/mol. The van der Waals surface area contributed by atoms with E-state index in [9.17, 15) is 18.0 Å². The second kappa shape index (κ2) is 8.95. The molecule has 2 aromatic rings. The number of ether oxygens (including phenoxy) is 2. The number of likely N-dealkylation sites (N-methyl/N-ethyl adjacent to an activating group) is 1. The summed E-state index contributed by atoms with van der Waals surface area (Å²) < 4.78 is 49.3. The van der Waals surface area contributed by atoms with Crippen LogP contribution in [-0.2, 0) is 30.5 Å². The van der Waals surface area contributed by atoms with Crippen LogP contribution in [0.2, 0.25) is 0 Å². The summed E-state index contributed by atoms with van der Waals surface area (Å²) in [6.45, 7) is 1.43. The number of alkyl halides is 3. The number of nitrogens with zero attached hydrogens (tertiary/aromatic N) is 2. The van der Waals surface area contributed by atoms with Crippen molar-refractivity contribution in [3.63, 3.8) is 0 Å². The molecule has 1 aliphatic rings. The number of methoxy groups -OCH3 is 2. The Labute approximate surface area is 174 Å². The van der Waals surface area contributed by atoms with Crippen LogP contribution in [0, 0.1) is 0 Å². The monoisotopic (exact) mass is 422 g/mol. The van der Waals surface area contributed by atoms with Crippen LogP contribution in [0.15, 0.2) is 36.4 Å². The molecule has 0 aliphatic carbocycles. The van der Waals surface area contributed by atoms with Crippen LogP contribution in [-0.4, -0.2) is 50.1 Å². The molecule has 0 radical (unpaired) electrons. The molecule has 30 heavy (non-hydrogen) atoms. The third kappa shape index (κ3) is 5.05. The summed E-state index contributed by atoms with van der Waals surface area (Å²) >= 11 is 0. The number of carbonyl (C=O) groups is 1. The second-order valence-electron chi connectivity index (χ2n) is 7.41. The van der Waals surface area contributed by atoms with Gasteiger partial charge in [0.05, 0.1) is 26.3 Å². The van der Waals surface area contributed by atoms with Crippen molar-refractivity contribution in [2.75, 3.05) is 34.4 Å². The largest absolute Gasteiger partial charge is 0.493 e. The molecule has 1 heterocycles. The Morgan fingerprint density at radius 3 is 2.40 bits per heavy atom. The van der Waals surface area contributed by atoms with Gasteiger partial charge in [-0.1, -0.05) is 18.2 Å². The summed E-state index contributed by atoms with van der Waals surface area (Å²) in [5.41, 5.74) is 1.96. The first kappa shape index (κ1) is 22.0. The maximum absolute atomic E-state index is 12.9. The van der Waals surface area contributed by atoms with Gasteiger partial charge in [-0.05, 0) is 48.4 Å². The number of halogens is 3. The van der Waals surface area contributed by atoms with Gasteiger partial charge >= 0.3 is 6.18 Å². The maximum Gasteiger partial charge on any atom is 0.416 e. The molecule has 2 aromatic carbocycles. The Morgan fingerprint density at radius 2 is 1.77 bits per heavy atom. The molecule has 0 fully saturated rings. The zero-order valence-electron chi connectivity index (χ0n) is 17.3. The lowest BCUT2D eigenvalue weighted by atomic mass is 9.98. The molecule has 0 saturated carbocycles. The van der Waals surface area contributed by atoms with Crippen molar-refractivity contribution >= 4 is 5.91 Å². The Morgan fingerprint density at radius 1 is 1.10 bits per heavy atom. The van der Waals surface area contributed by atoms with Gasteiger partial charge in [-0.2, -0.15) is 13.2 Å². The minimum Gasteiger partial charge on any atom is -0.493 e. The van der Waals surface area contributed by atoms with E-state index in [1.54, 1.807) is 37.1 Å². The number of benzene rings is 2. The molecule has 1 amide bonds. The van der Waals surface area contributed by atoms with Crippen molar-refractivity contribution in [2.45, 2.75) is 25.7 Å². The van der Waals surface area contributed by atoms with Crippen LogP contribution < -0.4 is 9.47 Å². The minimum absolute atomic E-state index is 0.0649. The summed E-state index contributed by atoms with van der Waals surface area (Å²) in [7, 11) is 4.88. The molecule has 8 heteroatoms. The van der Waals surface area contributed by atoms with E-state index in [1.165, 1.54) is 6.07 Å². The first-order valence-electron chi connectivity index (χ1n) is 9.57. The molecule has 0 N–H and O–H groups in total. The summed E-state index contributed by atoms with van der Waals surface area (Å²) in [5.74, 6) is 1.22. The molecule has 0 bridgehead atoms. The van der Waals surface area contributed by atoms with Gasteiger partial charge in [-0.15, -0.1) is 0 Å². The molecule has 0 aromatic heterocycles. The first-order valence-corrected chi connectivity index (χ1v) is 9.57. The molecule has 3 rings (SSSR count). The van der Waals surface area contributed by atoms with E-state index in [1.807, 2.05) is 12.1 Å². The average Bonchev–Trinajstić information content (AvgIpc) is 2.71. The fraction of sp³-hybridized carbons (Fsp3) is 0.409. The average molecular weight is 422 g/mol. The number of hydrogen-bond acceptors (Lipinski definition) is 4. The number of amides is 1. The van der Waals surface area contributed by atoms with Crippen LogP contribution in [0.5, 0.6) is 11.5 Å². The van der Waals surface area contributed by atoms with Gasteiger partial charge in [0.2, 0.25) is 5.91 Å². The summed E-state index contributed by atoms with van der Waals surface area (Å²) in [5, 5.41) is 0. The molecule has 0 atom stereocenters. The molecule has 0 unspecified atom stereocenters. The SMILES string of the molecule is COc1cc2c(cc1OC)CN(C(=O)CN(C)Cc1cccc(C(F)(F)F)c1)CC2. The van der Waals surface area contributed by atoms with Crippen molar-refractivity contribution in [3.05, 3.63) is 58.7 Å². The van der Waals surface area contributed by atoms with Gasteiger partial charge in [0.1, 0.15) is 0 Å². The normalized spacial score (nSPS) is 13.9. The third-order valence-corrected chi connectivity index (χ3v) is 5.18. The number of rotatable bonds is 6. The van der Waals surface area contributed by atoms with E-state index in [-0.39, 0.29) is 19.0 Å². The molecule has 0 spiro atoms. The smallest absolute Gasteiger partial charge is 0.416 e. The topological polar surface area (TPSA) is 42.0 Å². The molecule has 5 nitrogen and oxygen atoms in total. The molecular formula is C22H25F3N2O3. The Bertz CT molecular complexity index is 915.